The number of halogens is 3. The van der Waals surface area contributed by atoms with Crippen molar-refractivity contribution in [2.75, 3.05) is 10.6 Å². The molecule has 0 aliphatic carbocycles. The fourth-order valence-corrected chi connectivity index (χ4v) is 2.74. The van der Waals surface area contributed by atoms with Gasteiger partial charge >= 0.3 is 12.6 Å². The zero-order valence-electron chi connectivity index (χ0n) is 17.1. The summed E-state index contributed by atoms with van der Waals surface area (Å²) >= 11 is 3.12. The third-order valence-electron chi connectivity index (χ3n) is 3.81. The van der Waals surface area contributed by atoms with Crippen molar-refractivity contribution in [1.29, 1.82) is 0 Å². The molecular formula is C21H28BrF2N3O2. The minimum atomic E-state index is -3.02. The van der Waals surface area contributed by atoms with Crippen LogP contribution in [0.5, 0.6) is 5.75 Å². The van der Waals surface area contributed by atoms with Crippen LogP contribution in [0, 0.1) is 0 Å². The molecular weight excluding hydrogens is 444 g/mol. The number of carbonyl (C=O) groups is 1. The lowest BCUT2D eigenvalue weighted by Gasteiger charge is -2.15. The number of carbonyl (C=O) groups excluding carboxylic acids is 1. The first kappa shape index (κ1) is 24.8. The third kappa shape index (κ3) is 9.21. The number of amides is 2. The lowest BCUT2D eigenvalue weighted by molar-refractivity contribution is -0.0495. The topological polar surface area (TPSA) is 63.2 Å². The number of benzene rings is 1. The fraction of sp³-hybridized carbons (Fsp3) is 0.429. The van der Waals surface area contributed by atoms with Crippen molar-refractivity contribution in [1.82, 2.24) is 4.98 Å². The molecule has 2 rings (SSSR count). The molecule has 5 nitrogen and oxygen atoms in total. The molecule has 160 valence electrons. The van der Waals surface area contributed by atoms with Crippen LogP contribution in [0.1, 0.15) is 58.4 Å². The second-order valence-electron chi connectivity index (χ2n) is 6.55. The van der Waals surface area contributed by atoms with Gasteiger partial charge in [-0.3, -0.25) is 5.32 Å². The standard InChI is InChI=1S/C16H16BrF2N3O2.C5H12/c1-9(2)11-5-3-4-6-12(11)21-16(23)22-14-13(24-15(18)19)7-10(17)8-20-14;1-3-5-4-2/h3-9,15H,1-2H3,(H2,20,21,22,23);3-5H2,1-2H3. The highest BCUT2D eigenvalue weighted by Crippen LogP contribution is 2.28. The van der Waals surface area contributed by atoms with Gasteiger partial charge in [-0.1, -0.05) is 65.2 Å². The second kappa shape index (κ2) is 13.1. The van der Waals surface area contributed by atoms with Gasteiger partial charge in [0.15, 0.2) is 11.6 Å². The van der Waals surface area contributed by atoms with E-state index in [1.54, 1.807) is 12.1 Å². The molecule has 1 aromatic heterocycles. The molecule has 0 unspecified atom stereocenters. The molecule has 0 atom stereocenters. The first-order chi connectivity index (χ1) is 13.8. The minimum absolute atomic E-state index is 0.0990. The van der Waals surface area contributed by atoms with Crippen LogP contribution in [0.15, 0.2) is 41.0 Å². The Balaban J connectivity index is 0.000000749. The number of urea groups is 1. The summed E-state index contributed by atoms with van der Waals surface area (Å²) in [6, 6.07) is 8.05. The molecule has 2 amide bonds. The minimum Gasteiger partial charge on any atom is -0.431 e. The zero-order valence-corrected chi connectivity index (χ0v) is 18.7. The van der Waals surface area contributed by atoms with Crippen LogP contribution in [0.2, 0.25) is 0 Å². The number of pyridine rings is 1. The lowest BCUT2D eigenvalue weighted by Crippen LogP contribution is -2.22. The number of alkyl halides is 2. The molecule has 0 fully saturated rings. The molecule has 0 spiro atoms. The van der Waals surface area contributed by atoms with Crippen molar-refractivity contribution in [2.45, 2.75) is 59.5 Å². The Kier molecular flexibility index (Phi) is 11.2. The molecule has 2 N–H and O–H groups in total. The Morgan fingerprint density at radius 2 is 1.83 bits per heavy atom. The second-order valence-corrected chi connectivity index (χ2v) is 7.47. The van der Waals surface area contributed by atoms with Gasteiger partial charge in [0, 0.05) is 22.4 Å². The zero-order chi connectivity index (χ0) is 21.8. The van der Waals surface area contributed by atoms with Crippen LogP contribution in [0.4, 0.5) is 25.1 Å². The summed E-state index contributed by atoms with van der Waals surface area (Å²) in [5.74, 6) is -0.116. The van der Waals surface area contributed by atoms with E-state index >= 15 is 0 Å². The van der Waals surface area contributed by atoms with Gasteiger partial charge in [-0.05, 0) is 33.5 Å². The molecule has 0 aliphatic rings. The van der Waals surface area contributed by atoms with Crippen LogP contribution in [0.3, 0.4) is 0 Å². The number of rotatable bonds is 7. The molecule has 0 aliphatic heterocycles. The molecule has 2 aromatic rings. The Morgan fingerprint density at radius 3 is 2.38 bits per heavy atom. The number of anilines is 2. The van der Waals surface area contributed by atoms with E-state index in [2.05, 4.69) is 50.1 Å². The van der Waals surface area contributed by atoms with Gasteiger partial charge in [-0.2, -0.15) is 8.78 Å². The van der Waals surface area contributed by atoms with E-state index in [1.165, 1.54) is 31.5 Å². The van der Waals surface area contributed by atoms with E-state index in [9.17, 15) is 13.6 Å². The highest BCUT2D eigenvalue weighted by molar-refractivity contribution is 9.10. The average Bonchev–Trinajstić information content (AvgIpc) is 2.65. The Morgan fingerprint density at radius 1 is 1.17 bits per heavy atom. The summed E-state index contributed by atoms with van der Waals surface area (Å²) in [7, 11) is 0. The summed E-state index contributed by atoms with van der Waals surface area (Å²) in [4.78, 5) is 16.1. The van der Waals surface area contributed by atoms with Crippen LogP contribution in [-0.4, -0.2) is 17.6 Å². The van der Waals surface area contributed by atoms with Gasteiger partial charge in [-0.25, -0.2) is 9.78 Å². The largest absolute Gasteiger partial charge is 0.431 e. The van der Waals surface area contributed by atoms with E-state index < -0.39 is 12.6 Å². The third-order valence-corrected chi connectivity index (χ3v) is 4.24. The fourth-order valence-electron chi connectivity index (χ4n) is 2.43. The van der Waals surface area contributed by atoms with Gasteiger partial charge in [-0.15, -0.1) is 0 Å². The van der Waals surface area contributed by atoms with E-state index in [1.807, 2.05) is 26.0 Å². The lowest BCUT2D eigenvalue weighted by atomic mass is 10.0. The number of hydrogen-bond acceptors (Lipinski definition) is 3. The van der Waals surface area contributed by atoms with Crippen LogP contribution in [0.25, 0.3) is 0 Å². The van der Waals surface area contributed by atoms with E-state index in [-0.39, 0.29) is 17.5 Å². The molecule has 0 saturated carbocycles. The number of hydrogen-bond donors (Lipinski definition) is 2. The number of aromatic nitrogens is 1. The number of ether oxygens (including phenoxy) is 1. The Hall–Kier alpha value is -2.22. The monoisotopic (exact) mass is 471 g/mol. The first-order valence-electron chi connectivity index (χ1n) is 9.55. The smallest absolute Gasteiger partial charge is 0.387 e. The average molecular weight is 472 g/mol. The van der Waals surface area contributed by atoms with Crippen molar-refractivity contribution in [2.24, 2.45) is 0 Å². The van der Waals surface area contributed by atoms with E-state index in [0.29, 0.717) is 10.2 Å². The van der Waals surface area contributed by atoms with Crippen molar-refractivity contribution in [3.05, 3.63) is 46.6 Å². The number of nitrogens with one attached hydrogen (secondary N) is 2. The van der Waals surface area contributed by atoms with Gasteiger partial charge in [0.2, 0.25) is 0 Å². The van der Waals surface area contributed by atoms with Crippen LogP contribution >= 0.6 is 15.9 Å². The normalized spacial score (nSPS) is 10.4. The maximum absolute atomic E-state index is 12.5. The molecule has 0 bridgehead atoms. The van der Waals surface area contributed by atoms with Crippen molar-refractivity contribution < 1.29 is 18.3 Å². The summed E-state index contributed by atoms with van der Waals surface area (Å²) < 4.78 is 29.8. The Bertz CT molecular complexity index is 771. The molecule has 0 radical (unpaired) electrons. The number of para-hydroxylation sites is 1. The van der Waals surface area contributed by atoms with E-state index in [0.717, 1.165) is 5.56 Å². The van der Waals surface area contributed by atoms with Crippen LogP contribution in [-0.2, 0) is 0 Å². The molecule has 0 saturated heterocycles. The van der Waals surface area contributed by atoms with Gasteiger partial charge < -0.3 is 10.1 Å². The molecule has 1 aromatic carbocycles. The first-order valence-corrected chi connectivity index (χ1v) is 10.3. The van der Waals surface area contributed by atoms with Gasteiger partial charge in [0.1, 0.15) is 0 Å². The summed E-state index contributed by atoms with van der Waals surface area (Å²) in [6.07, 6.45) is 5.45. The van der Waals surface area contributed by atoms with Crippen molar-refractivity contribution in [3.8, 4) is 5.75 Å². The molecule has 29 heavy (non-hydrogen) atoms. The highest BCUT2D eigenvalue weighted by atomic mass is 79.9. The summed E-state index contributed by atoms with van der Waals surface area (Å²) in [6.45, 7) is 5.41. The number of nitrogens with zero attached hydrogens (tertiary/aromatic N) is 1. The van der Waals surface area contributed by atoms with Gasteiger partial charge in [0.05, 0.1) is 0 Å². The quantitative estimate of drug-likeness (QED) is 0.441. The predicted octanol–water partition coefficient (Wildman–Crippen LogP) is 7.41. The van der Waals surface area contributed by atoms with Crippen molar-refractivity contribution >= 4 is 33.5 Å². The summed E-state index contributed by atoms with van der Waals surface area (Å²) in [5, 5.41) is 5.11. The van der Waals surface area contributed by atoms with Crippen LogP contribution < -0.4 is 15.4 Å². The van der Waals surface area contributed by atoms with Gasteiger partial charge in [0.25, 0.3) is 0 Å². The maximum Gasteiger partial charge on any atom is 0.387 e. The predicted molar refractivity (Wildman–Crippen MR) is 117 cm³/mol. The molecule has 8 heteroatoms. The van der Waals surface area contributed by atoms with E-state index in [4.69, 9.17) is 0 Å². The SMILES string of the molecule is CC(C)c1ccccc1NC(=O)Nc1ncc(Br)cc1OC(F)F.CCCCC. The Labute approximate surface area is 179 Å². The highest BCUT2D eigenvalue weighted by Gasteiger charge is 2.15. The molecule has 1 heterocycles. The number of unbranched alkanes of at least 4 members (excludes halogenated alkanes) is 2. The van der Waals surface area contributed by atoms with Crippen molar-refractivity contribution in [3.63, 3.8) is 0 Å². The summed E-state index contributed by atoms with van der Waals surface area (Å²) in [5.41, 5.74) is 1.60. The maximum atomic E-state index is 12.5.